The molecule has 2 aromatic carbocycles. The molecule has 1 aromatic heterocycles. The summed E-state index contributed by atoms with van der Waals surface area (Å²) in [4.78, 5) is 17.8. The molecule has 0 spiro atoms. The highest BCUT2D eigenvalue weighted by atomic mass is 19.1. The highest BCUT2D eigenvalue weighted by Crippen LogP contribution is 2.28. The summed E-state index contributed by atoms with van der Waals surface area (Å²) in [5.74, 6) is 0.661. The molecular formula is C28H35FN4O2. The van der Waals surface area contributed by atoms with Gasteiger partial charge >= 0.3 is 0 Å². The average molecular weight is 479 g/mol. The fourth-order valence-electron chi connectivity index (χ4n) is 4.76. The van der Waals surface area contributed by atoms with Crippen molar-refractivity contribution in [2.24, 2.45) is 5.92 Å². The number of hydrogen-bond donors (Lipinski definition) is 0. The lowest BCUT2D eigenvalue weighted by Gasteiger charge is -2.28. The number of carbonyl (C=O) groups excluding carboxylic acids is 1. The standard InChI is InChI=1S/C28H35FN4O2/c1-5-15-31-16-14-26-23(18-31)25(30-33(26)27-9-7-6-8-24(27)29)19-32(17-20(2)3)28(34)21-10-12-22(35-4)13-11-21/h6-13,20H,5,14-19H2,1-4H3. The Bertz CT molecular complexity index is 1160. The van der Waals surface area contributed by atoms with Gasteiger partial charge in [0.1, 0.15) is 17.3 Å². The number of rotatable bonds is 9. The third kappa shape index (κ3) is 5.56. The van der Waals surface area contributed by atoms with E-state index in [0.717, 1.165) is 49.4 Å². The van der Waals surface area contributed by atoms with Gasteiger partial charge in [-0.15, -0.1) is 0 Å². The van der Waals surface area contributed by atoms with Crippen LogP contribution in [-0.2, 0) is 19.5 Å². The van der Waals surface area contributed by atoms with Crippen LogP contribution in [0.5, 0.6) is 5.75 Å². The predicted molar refractivity (Wildman–Crippen MR) is 135 cm³/mol. The van der Waals surface area contributed by atoms with Gasteiger partial charge in [-0.1, -0.05) is 32.9 Å². The van der Waals surface area contributed by atoms with Gasteiger partial charge in [-0.3, -0.25) is 9.69 Å². The SMILES string of the molecule is CCCN1CCc2c(c(CN(CC(C)C)C(=O)c3ccc(OC)cc3)nn2-c2ccccc2F)C1. The van der Waals surface area contributed by atoms with Crippen molar-refractivity contribution in [2.45, 2.75) is 46.7 Å². The van der Waals surface area contributed by atoms with Crippen LogP contribution in [0.2, 0.25) is 0 Å². The molecule has 3 aromatic rings. The van der Waals surface area contributed by atoms with Gasteiger partial charge in [-0.05, 0) is 55.3 Å². The highest BCUT2D eigenvalue weighted by molar-refractivity contribution is 5.94. The lowest BCUT2D eigenvalue weighted by molar-refractivity contribution is 0.0719. The first kappa shape index (κ1) is 24.9. The lowest BCUT2D eigenvalue weighted by atomic mass is 10.0. The molecule has 2 heterocycles. The number of benzene rings is 2. The van der Waals surface area contributed by atoms with E-state index in [1.54, 1.807) is 48.2 Å². The minimum Gasteiger partial charge on any atom is -0.497 e. The third-order valence-corrected chi connectivity index (χ3v) is 6.39. The minimum atomic E-state index is -0.298. The Morgan fingerprint density at radius 3 is 2.57 bits per heavy atom. The Labute approximate surface area is 207 Å². The molecule has 0 aliphatic carbocycles. The van der Waals surface area contributed by atoms with Gasteiger partial charge in [0.2, 0.25) is 0 Å². The van der Waals surface area contributed by atoms with Crippen LogP contribution in [-0.4, -0.2) is 52.2 Å². The van der Waals surface area contributed by atoms with E-state index in [0.29, 0.717) is 36.0 Å². The molecule has 6 nitrogen and oxygen atoms in total. The molecule has 0 unspecified atom stereocenters. The number of halogens is 1. The number of fused-ring (bicyclic) bond motifs is 1. The number of carbonyl (C=O) groups is 1. The smallest absolute Gasteiger partial charge is 0.254 e. The van der Waals surface area contributed by atoms with Gasteiger partial charge in [0.05, 0.1) is 25.0 Å². The zero-order chi connectivity index (χ0) is 24.9. The van der Waals surface area contributed by atoms with Crippen molar-refractivity contribution in [3.63, 3.8) is 0 Å². The van der Waals surface area contributed by atoms with Crippen LogP contribution in [0.3, 0.4) is 0 Å². The first-order valence-corrected chi connectivity index (χ1v) is 12.4. The third-order valence-electron chi connectivity index (χ3n) is 6.39. The van der Waals surface area contributed by atoms with Gasteiger partial charge < -0.3 is 9.64 Å². The molecule has 0 radical (unpaired) electrons. The quantitative estimate of drug-likeness (QED) is 0.430. The van der Waals surface area contributed by atoms with E-state index in [-0.39, 0.29) is 11.7 Å². The second-order valence-corrected chi connectivity index (χ2v) is 9.57. The fourth-order valence-corrected chi connectivity index (χ4v) is 4.76. The number of methoxy groups -OCH3 is 1. The van der Waals surface area contributed by atoms with Gasteiger partial charge in [-0.25, -0.2) is 9.07 Å². The maximum Gasteiger partial charge on any atom is 0.254 e. The second kappa shape index (κ2) is 11.0. The molecule has 0 atom stereocenters. The maximum atomic E-state index is 14.8. The van der Waals surface area contributed by atoms with Crippen molar-refractivity contribution in [1.82, 2.24) is 19.6 Å². The van der Waals surface area contributed by atoms with Gasteiger partial charge in [0.15, 0.2) is 0 Å². The molecular weight excluding hydrogens is 443 g/mol. The number of amides is 1. The summed E-state index contributed by atoms with van der Waals surface area (Å²) in [6.45, 7) is 10.1. The normalized spacial score (nSPS) is 13.7. The summed E-state index contributed by atoms with van der Waals surface area (Å²) in [6, 6.07) is 14.0. The van der Waals surface area contributed by atoms with Crippen LogP contribution in [0.15, 0.2) is 48.5 Å². The van der Waals surface area contributed by atoms with Crippen LogP contribution >= 0.6 is 0 Å². The fraction of sp³-hybridized carbons (Fsp3) is 0.429. The predicted octanol–water partition coefficient (Wildman–Crippen LogP) is 5.09. The molecule has 1 aliphatic heterocycles. The Balaban J connectivity index is 1.71. The van der Waals surface area contributed by atoms with Crippen LogP contribution in [0.1, 0.15) is 54.5 Å². The Morgan fingerprint density at radius 2 is 1.91 bits per heavy atom. The summed E-state index contributed by atoms with van der Waals surface area (Å²) in [7, 11) is 1.61. The van der Waals surface area contributed by atoms with E-state index in [4.69, 9.17) is 9.84 Å². The average Bonchev–Trinajstić information content (AvgIpc) is 3.21. The first-order chi connectivity index (χ1) is 16.9. The molecule has 4 rings (SSSR count). The van der Waals surface area contributed by atoms with Crippen molar-refractivity contribution in [1.29, 1.82) is 0 Å². The summed E-state index contributed by atoms with van der Waals surface area (Å²) < 4.78 is 21.8. The molecule has 0 saturated heterocycles. The number of nitrogens with zero attached hydrogens (tertiary/aromatic N) is 4. The van der Waals surface area contributed by atoms with E-state index in [1.165, 1.54) is 6.07 Å². The molecule has 0 fully saturated rings. The zero-order valence-corrected chi connectivity index (χ0v) is 21.1. The van der Waals surface area contributed by atoms with Gasteiger partial charge in [0.25, 0.3) is 5.91 Å². The van der Waals surface area contributed by atoms with Crippen LogP contribution < -0.4 is 4.74 Å². The molecule has 0 saturated carbocycles. The van der Waals surface area contributed by atoms with Crippen molar-refractivity contribution >= 4 is 5.91 Å². The van der Waals surface area contributed by atoms with Gasteiger partial charge in [-0.2, -0.15) is 5.10 Å². The molecule has 0 bridgehead atoms. The van der Waals surface area contributed by atoms with Crippen LogP contribution in [0.25, 0.3) is 5.69 Å². The Morgan fingerprint density at radius 1 is 1.17 bits per heavy atom. The van der Waals surface area contributed by atoms with Crippen molar-refractivity contribution in [3.8, 4) is 11.4 Å². The zero-order valence-electron chi connectivity index (χ0n) is 21.1. The molecule has 186 valence electrons. The van der Waals surface area contributed by atoms with E-state index in [9.17, 15) is 9.18 Å². The van der Waals surface area contributed by atoms with Crippen molar-refractivity contribution in [2.75, 3.05) is 26.7 Å². The number of aromatic nitrogens is 2. The van der Waals surface area contributed by atoms with Crippen LogP contribution in [0.4, 0.5) is 4.39 Å². The lowest BCUT2D eigenvalue weighted by Crippen LogP contribution is -2.35. The molecule has 0 N–H and O–H groups in total. The monoisotopic (exact) mass is 478 g/mol. The molecule has 1 amide bonds. The number of para-hydroxylation sites is 1. The summed E-state index contributed by atoms with van der Waals surface area (Å²) in [5, 5.41) is 4.90. The van der Waals surface area contributed by atoms with Crippen molar-refractivity contribution < 1.29 is 13.9 Å². The van der Waals surface area contributed by atoms with Crippen LogP contribution in [0, 0.1) is 11.7 Å². The Kier molecular flexibility index (Phi) is 7.86. The van der Waals surface area contributed by atoms with Crippen molar-refractivity contribution in [3.05, 3.63) is 76.9 Å². The maximum absolute atomic E-state index is 14.8. The van der Waals surface area contributed by atoms with Gasteiger partial charge in [0, 0.05) is 37.2 Å². The van der Waals surface area contributed by atoms with E-state index in [2.05, 4.69) is 25.7 Å². The highest BCUT2D eigenvalue weighted by Gasteiger charge is 2.28. The molecule has 7 heteroatoms. The molecule has 1 aliphatic rings. The number of ether oxygens (including phenoxy) is 1. The van der Waals surface area contributed by atoms with E-state index < -0.39 is 0 Å². The summed E-state index contributed by atoms with van der Waals surface area (Å²) in [5.41, 5.74) is 4.06. The first-order valence-electron chi connectivity index (χ1n) is 12.4. The molecule has 35 heavy (non-hydrogen) atoms. The second-order valence-electron chi connectivity index (χ2n) is 9.57. The number of hydrogen-bond acceptors (Lipinski definition) is 4. The Hall–Kier alpha value is -3.19. The van der Waals surface area contributed by atoms with E-state index >= 15 is 0 Å². The minimum absolute atomic E-state index is 0.0447. The largest absolute Gasteiger partial charge is 0.497 e. The summed E-state index contributed by atoms with van der Waals surface area (Å²) >= 11 is 0. The summed E-state index contributed by atoms with van der Waals surface area (Å²) in [6.07, 6.45) is 1.87. The topological polar surface area (TPSA) is 50.6 Å². The van der Waals surface area contributed by atoms with E-state index in [1.807, 2.05) is 11.0 Å².